The Morgan fingerprint density at radius 3 is 2.86 bits per heavy atom. The molecule has 0 saturated heterocycles. The molecule has 8 heteroatoms. The van der Waals surface area contributed by atoms with Crippen molar-refractivity contribution in [3.63, 3.8) is 0 Å². The number of nitrogens with zero attached hydrogens (tertiary/aromatic N) is 1. The Bertz CT molecular complexity index is 942. The Balaban J connectivity index is 1.41. The Kier molecular flexibility index (Phi) is 5.64. The summed E-state index contributed by atoms with van der Waals surface area (Å²) in [6, 6.07) is 5.91. The maximum Gasteiger partial charge on any atom is 0.250 e. The van der Waals surface area contributed by atoms with Gasteiger partial charge in [0.25, 0.3) is 0 Å². The fourth-order valence-electron chi connectivity index (χ4n) is 4.47. The van der Waals surface area contributed by atoms with Gasteiger partial charge in [-0.2, -0.15) is 0 Å². The molecule has 2 aromatic rings. The maximum atomic E-state index is 12.2. The van der Waals surface area contributed by atoms with Gasteiger partial charge in [0.15, 0.2) is 11.5 Å². The summed E-state index contributed by atoms with van der Waals surface area (Å²) < 4.78 is 38.7. The quantitative estimate of drug-likeness (QED) is 0.663. The van der Waals surface area contributed by atoms with E-state index in [9.17, 15) is 8.42 Å². The second kappa shape index (κ2) is 8.02. The highest BCUT2D eigenvalue weighted by molar-refractivity contribution is 7.91. The summed E-state index contributed by atoms with van der Waals surface area (Å²) in [7, 11) is 0.0185. The molecule has 1 unspecified atom stereocenters. The van der Waals surface area contributed by atoms with E-state index in [1.165, 1.54) is 28.0 Å². The molecule has 0 amide bonds. The molecule has 0 fully saturated rings. The van der Waals surface area contributed by atoms with Gasteiger partial charge in [0.2, 0.25) is 10.0 Å². The van der Waals surface area contributed by atoms with Gasteiger partial charge in [-0.05, 0) is 54.3 Å². The van der Waals surface area contributed by atoms with E-state index in [4.69, 9.17) is 9.47 Å². The topological polar surface area (TPSA) is 67.9 Å². The molecule has 1 N–H and O–H groups in total. The van der Waals surface area contributed by atoms with Crippen LogP contribution >= 0.6 is 11.3 Å². The molecule has 0 bridgehead atoms. The zero-order valence-corrected chi connectivity index (χ0v) is 17.9. The normalized spacial score (nSPS) is 18.9. The lowest BCUT2D eigenvalue weighted by molar-refractivity contribution is 0.184. The minimum atomic E-state index is -3.37. The maximum absolute atomic E-state index is 12.2. The van der Waals surface area contributed by atoms with Crippen LogP contribution in [-0.4, -0.2) is 47.2 Å². The molecule has 6 nitrogen and oxygen atoms in total. The van der Waals surface area contributed by atoms with Crippen LogP contribution in [0.4, 0.5) is 0 Å². The highest BCUT2D eigenvalue weighted by atomic mass is 32.2. The molecule has 2 heterocycles. The van der Waals surface area contributed by atoms with Gasteiger partial charge < -0.3 is 9.47 Å². The highest BCUT2D eigenvalue weighted by Crippen LogP contribution is 2.48. The van der Waals surface area contributed by atoms with E-state index < -0.39 is 10.0 Å². The monoisotopic (exact) mass is 422 g/mol. The predicted molar refractivity (Wildman–Crippen MR) is 110 cm³/mol. The summed E-state index contributed by atoms with van der Waals surface area (Å²) in [6.07, 6.45) is 3.85. The lowest BCUT2D eigenvalue weighted by Gasteiger charge is -2.35. The van der Waals surface area contributed by atoms with Gasteiger partial charge in [-0.3, -0.25) is 4.90 Å². The van der Waals surface area contributed by atoms with Crippen molar-refractivity contribution in [3.8, 4) is 11.5 Å². The lowest BCUT2D eigenvalue weighted by atomic mass is 9.92. The van der Waals surface area contributed by atoms with Crippen LogP contribution in [0.15, 0.2) is 27.8 Å². The molecule has 2 aliphatic rings. The summed E-state index contributed by atoms with van der Waals surface area (Å²) in [5.41, 5.74) is 4.05. The van der Waals surface area contributed by atoms with Crippen LogP contribution < -0.4 is 14.2 Å². The third-order valence-corrected chi connectivity index (χ3v) is 8.54. The second-order valence-electron chi connectivity index (χ2n) is 7.19. The molecular formula is C20H26N2O4S2. The smallest absolute Gasteiger partial charge is 0.250 e. The Hall–Kier alpha value is -1.61. The van der Waals surface area contributed by atoms with Crippen molar-refractivity contribution < 1.29 is 17.9 Å². The zero-order chi connectivity index (χ0) is 19.7. The predicted octanol–water partition coefficient (Wildman–Crippen LogP) is 2.98. The van der Waals surface area contributed by atoms with Crippen molar-refractivity contribution in [2.24, 2.45) is 0 Å². The van der Waals surface area contributed by atoms with Crippen molar-refractivity contribution in [2.75, 3.05) is 33.9 Å². The average molecular weight is 423 g/mol. The molecule has 152 valence electrons. The number of hydrogen-bond acceptors (Lipinski definition) is 6. The number of methoxy groups -OCH3 is 2. The third kappa shape index (κ3) is 3.54. The molecule has 1 atom stereocenters. The summed E-state index contributed by atoms with van der Waals surface area (Å²) in [5, 5.41) is 1.78. The number of thiophene rings is 1. The molecule has 1 aliphatic heterocycles. The Labute approximate surface area is 170 Å². The molecule has 4 rings (SSSR count). The van der Waals surface area contributed by atoms with E-state index in [1.807, 2.05) is 0 Å². The van der Waals surface area contributed by atoms with Crippen LogP contribution in [0.5, 0.6) is 11.5 Å². The second-order valence-corrected chi connectivity index (χ2v) is 10.1. The van der Waals surface area contributed by atoms with Gasteiger partial charge in [0, 0.05) is 31.2 Å². The van der Waals surface area contributed by atoms with Crippen molar-refractivity contribution in [1.82, 2.24) is 9.62 Å². The minimum absolute atomic E-state index is 0.376. The first-order valence-corrected chi connectivity index (χ1v) is 11.9. The number of nitrogens with one attached hydrogen (secondary N) is 1. The molecule has 0 radical (unpaired) electrons. The van der Waals surface area contributed by atoms with E-state index in [0.29, 0.717) is 16.8 Å². The Morgan fingerprint density at radius 1 is 1.29 bits per heavy atom. The van der Waals surface area contributed by atoms with Crippen molar-refractivity contribution in [3.05, 3.63) is 40.3 Å². The summed E-state index contributed by atoms with van der Waals surface area (Å²) in [6.45, 7) is 2.32. The minimum Gasteiger partial charge on any atom is -0.493 e. The number of ether oxygens (including phenoxy) is 2. The fraction of sp³-hybridized carbons (Fsp3) is 0.500. The average Bonchev–Trinajstić information content (AvgIpc) is 3.38. The fourth-order valence-corrected chi connectivity index (χ4v) is 6.58. The highest BCUT2D eigenvalue weighted by Gasteiger charge is 2.36. The van der Waals surface area contributed by atoms with Crippen molar-refractivity contribution in [2.45, 2.75) is 35.9 Å². The van der Waals surface area contributed by atoms with Crippen molar-refractivity contribution >= 4 is 21.4 Å². The number of sulfonamides is 1. The summed E-state index contributed by atoms with van der Waals surface area (Å²) >= 11 is 1.24. The van der Waals surface area contributed by atoms with E-state index in [-0.39, 0.29) is 0 Å². The lowest BCUT2D eigenvalue weighted by Crippen LogP contribution is -2.36. The van der Waals surface area contributed by atoms with E-state index in [2.05, 4.69) is 15.7 Å². The number of rotatable bonds is 8. The summed E-state index contributed by atoms with van der Waals surface area (Å²) in [4.78, 5) is 2.49. The van der Waals surface area contributed by atoms with Crippen LogP contribution in [0.3, 0.4) is 0 Å². The molecule has 1 aromatic carbocycles. The molecular weight excluding hydrogens is 396 g/mol. The van der Waals surface area contributed by atoms with Gasteiger partial charge in [-0.15, -0.1) is 11.3 Å². The van der Waals surface area contributed by atoms with Crippen molar-refractivity contribution in [1.29, 1.82) is 0 Å². The van der Waals surface area contributed by atoms with Gasteiger partial charge in [-0.25, -0.2) is 13.1 Å². The molecule has 0 spiro atoms. The van der Waals surface area contributed by atoms with Crippen LogP contribution in [0, 0.1) is 0 Å². The van der Waals surface area contributed by atoms with Gasteiger partial charge in [-0.1, -0.05) is 6.07 Å². The number of benzene rings is 1. The van der Waals surface area contributed by atoms with Gasteiger partial charge in [0.1, 0.15) is 4.21 Å². The van der Waals surface area contributed by atoms with Crippen LogP contribution in [0.25, 0.3) is 0 Å². The standard InChI is InChI=1S/C20H26N2O4S2/c1-25-17-13-14-8-11-22(16-7-6-15(19(14)16)20(17)26-2)10-4-9-21-28(23,24)18-5-3-12-27-18/h3,5,12-13,16,21H,4,6-11H2,1-2H3. The largest absolute Gasteiger partial charge is 0.493 e. The molecule has 1 aliphatic carbocycles. The van der Waals surface area contributed by atoms with Crippen LogP contribution in [0.1, 0.15) is 35.6 Å². The summed E-state index contributed by atoms with van der Waals surface area (Å²) in [5.74, 6) is 1.70. The Morgan fingerprint density at radius 2 is 2.14 bits per heavy atom. The van der Waals surface area contributed by atoms with E-state index in [0.717, 1.165) is 50.3 Å². The first kappa shape index (κ1) is 19.7. The van der Waals surface area contributed by atoms with E-state index in [1.54, 1.807) is 31.7 Å². The van der Waals surface area contributed by atoms with Gasteiger partial charge >= 0.3 is 0 Å². The first-order valence-electron chi connectivity index (χ1n) is 9.59. The molecule has 28 heavy (non-hydrogen) atoms. The van der Waals surface area contributed by atoms with Crippen LogP contribution in [0.2, 0.25) is 0 Å². The van der Waals surface area contributed by atoms with Gasteiger partial charge in [0.05, 0.1) is 14.2 Å². The molecule has 1 aromatic heterocycles. The number of hydrogen-bond donors (Lipinski definition) is 1. The van der Waals surface area contributed by atoms with Crippen LogP contribution in [-0.2, 0) is 22.9 Å². The third-order valence-electron chi connectivity index (χ3n) is 5.68. The zero-order valence-electron chi connectivity index (χ0n) is 16.2. The molecule has 0 saturated carbocycles. The first-order chi connectivity index (χ1) is 13.5. The SMILES string of the molecule is COc1cc2c3c(c1OC)CCC3N(CCCNS(=O)(=O)c1cccs1)CC2. The van der Waals surface area contributed by atoms with E-state index >= 15 is 0 Å².